The smallest absolute Gasteiger partial charge is 0.416 e. The van der Waals surface area contributed by atoms with Gasteiger partial charge >= 0.3 is 11.9 Å². The lowest BCUT2D eigenvalue weighted by atomic mass is 10.2. The van der Waals surface area contributed by atoms with Crippen molar-refractivity contribution in [1.82, 2.24) is 15.3 Å². The van der Waals surface area contributed by atoms with Crippen LogP contribution in [0.15, 0.2) is 33.9 Å². The summed E-state index contributed by atoms with van der Waals surface area (Å²) in [4.78, 5) is 38.6. The standard InChI is InChI=1S/C15H15F3N4O4/c1-7(6-26-9-4-2-8(3-5-9)15(16,17)18)20-13(24)11-10(19)12(23)22-14(25)21-11/h2-5,7H,6,19H2,1H3,(H,20,24)(H2,21,22,23,25). The highest BCUT2D eigenvalue weighted by atomic mass is 19.4. The number of nitrogens with one attached hydrogen (secondary N) is 3. The van der Waals surface area contributed by atoms with Gasteiger partial charge in [0.05, 0.1) is 11.6 Å². The predicted octanol–water partition coefficient (Wildman–Crippen LogP) is 0.861. The van der Waals surface area contributed by atoms with E-state index in [1.54, 1.807) is 6.92 Å². The van der Waals surface area contributed by atoms with Crippen LogP contribution in [0.5, 0.6) is 5.75 Å². The molecule has 1 unspecified atom stereocenters. The molecule has 1 heterocycles. The van der Waals surface area contributed by atoms with Crippen molar-refractivity contribution in [2.75, 3.05) is 12.3 Å². The van der Waals surface area contributed by atoms with E-state index in [2.05, 4.69) is 10.3 Å². The fourth-order valence-corrected chi connectivity index (χ4v) is 1.97. The van der Waals surface area contributed by atoms with Gasteiger partial charge in [-0.15, -0.1) is 0 Å². The average Bonchev–Trinajstić information content (AvgIpc) is 2.55. The largest absolute Gasteiger partial charge is 0.491 e. The number of alkyl halides is 3. The molecule has 1 atom stereocenters. The van der Waals surface area contributed by atoms with Gasteiger partial charge in [0.15, 0.2) is 0 Å². The zero-order valence-electron chi connectivity index (χ0n) is 13.4. The number of rotatable bonds is 5. The van der Waals surface area contributed by atoms with Gasteiger partial charge < -0.3 is 20.8 Å². The van der Waals surface area contributed by atoms with E-state index >= 15 is 0 Å². The van der Waals surface area contributed by atoms with Crippen molar-refractivity contribution in [2.24, 2.45) is 0 Å². The summed E-state index contributed by atoms with van der Waals surface area (Å²) in [5.41, 5.74) is 2.02. The van der Waals surface area contributed by atoms with Crippen molar-refractivity contribution in [2.45, 2.75) is 19.1 Å². The minimum Gasteiger partial charge on any atom is -0.491 e. The van der Waals surface area contributed by atoms with E-state index in [1.807, 2.05) is 4.98 Å². The van der Waals surface area contributed by atoms with Gasteiger partial charge in [0.1, 0.15) is 23.7 Å². The number of aromatic amines is 2. The van der Waals surface area contributed by atoms with E-state index in [0.29, 0.717) is 0 Å². The van der Waals surface area contributed by atoms with Crippen LogP contribution in [0.3, 0.4) is 0 Å². The molecule has 2 rings (SSSR count). The molecule has 0 saturated heterocycles. The quantitative estimate of drug-likeness (QED) is 0.619. The second-order valence-electron chi connectivity index (χ2n) is 5.40. The Balaban J connectivity index is 1.97. The third-order valence-corrected chi connectivity index (χ3v) is 3.27. The molecule has 0 aliphatic carbocycles. The van der Waals surface area contributed by atoms with Crippen molar-refractivity contribution in [3.8, 4) is 5.75 Å². The summed E-state index contributed by atoms with van der Waals surface area (Å²) in [6.45, 7) is 1.49. The highest BCUT2D eigenvalue weighted by Gasteiger charge is 2.30. The summed E-state index contributed by atoms with van der Waals surface area (Å²) in [7, 11) is 0. The molecule has 0 radical (unpaired) electrons. The van der Waals surface area contributed by atoms with E-state index in [-0.39, 0.29) is 18.1 Å². The van der Waals surface area contributed by atoms with Crippen LogP contribution in [-0.4, -0.2) is 28.5 Å². The van der Waals surface area contributed by atoms with Crippen molar-refractivity contribution < 1.29 is 22.7 Å². The molecule has 1 aromatic carbocycles. The van der Waals surface area contributed by atoms with E-state index in [9.17, 15) is 27.6 Å². The first kappa shape index (κ1) is 19.1. The Morgan fingerprint density at radius 2 is 1.85 bits per heavy atom. The molecule has 0 fully saturated rings. The normalized spacial score (nSPS) is 12.5. The number of carbonyl (C=O) groups is 1. The average molecular weight is 372 g/mol. The number of anilines is 1. The molecule has 0 bridgehead atoms. The van der Waals surface area contributed by atoms with Crippen LogP contribution in [-0.2, 0) is 6.18 Å². The number of nitrogen functional groups attached to an aromatic ring is 1. The number of H-pyrrole nitrogens is 2. The second kappa shape index (κ2) is 7.33. The minimum atomic E-state index is -4.44. The maximum Gasteiger partial charge on any atom is 0.416 e. The summed E-state index contributed by atoms with van der Waals surface area (Å²) >= 11 is 0. The van der Waals surface area contributed by atoms with E-state index < -0.39 is 40.6 Å². The van der Waals surface area contributed by atoms with Crippen LogP contribution in [0.2, 0.25) is 0 Å². The zero-order valence-corrected chi connectivity index (χ0v) is 13.4. The van der Waals surface area contributed by atoms with Crippen LogP contribution in [0.1, 0.15) is 23.0 Å². The molecule has 0 saturated carbocycles. The molecule has 2 aromatic rings. The molecule has 5 N–H and O–H groups in total. The molecule has 11 heteroatoms. The number of benzene rings is 1. The van der Waals surface area contributed by atoms with E-state index in [0.717, 1.165) is 24.3 Å². The molecule has 1 amide bonds. The van der Waals surface area contributed by atoms with Crippen molar-refractivity contribution in [3.05, 3.63) is 56.4 Å². The van der Waals surface area contributed by atoms with E-state index in [4.69, 9.17) is 10.5 Å². The van der Waals surface area contributed by atoms with Gasteiger partial charge in [0.2, 0.25) is 0 Å². The van der Waals surface area contributed by atoms with Gasteiger partial charge in [-0.3, -0.25) is 14.6 Å². The number of halogens is 3. The van der Waals surface area contributed by atoms with Gasteiger partial charge in [-0.1, -0.05) is 0 Å². The lowest BCUT2D eigenvalue weighted by Gasteiger charge is -2.16. The molecular weight excluding hydrogens is 357 g/mol. The highest BCUT2D eigenvalue weighted by molar-refractivity contribution is 5.96. The van der Waals surface area contributed by atoms with Crippen LogP contribution in [0, 0.1) is 0 Å². The van der Waals surface area contributed by atoms with Gasteiger partial charge in [-0.2, -0.15) is 13.2 Å². The summed E-state index contributed by atoms with van der Waals surface area (Å²) in [5.74, 6) is -0.614. The SMILES string of the molecule is CC(COc1ccc(C(F)(F)F)cc1)NC(=O)c1[nH]c(=O)[nH]c(=O)c1N. The van der Waals surface area contributed by atoms with Crippen molar-refractivity contribution in [1.29, 1.82) is 0 Å². The Kier molecular flexibility index (Phi) is 5.38. The topological polar surface area (TPSA) is 130 Å². The maximum atomic E-state index is 12.5. The lowest BCUT2D eigenvalue weighted by molar-refractivity contribution is -0.137. The first-order valence-corrected chi connectivity index (χ1v) is 7.31. The lowest BCUT2D eigenvalue weighted by Crippen LogP contribution is -2.40. The number of aromatic nitrogens is 2. The Labute approximate surface area is 144 Å². The molecular formula is C15H15F3N4O4. The zero-order chi connectivity index (χ0) is 19.5. The van der Waals surface area contributed by atoms with Crippen LogP contribution < -0.4 is 27.0 Å². The summed E-state index contributed by atoms with van der Waals surface area (Å²) < 4.78 is 42.7. The molecule has 140 valence electrons. The third kappa shape index (κ3) is 4.65. The van der Waals surface area contributed by atoms with Crippen LogP contribution in [0.25, 0.3) is 0 Å². The van der Waals surface area contributed by atoms with Gasteiger partial charge in [-0.05, 0) is 31.2 Å². The Bertz CT molecular complexity index is 903. The Hall–Kier alpha value is -3.24. The van der Waals surface area contributed by atoms with Crippen molar-refractivity contribution in [3.63, 3.8) is 0 Å². The number of ether oxygens (including phenoxy) is 1. The molecule has 0 aliphatic rings. The van der Waals surface area contributed by atoms with E-state index in [1.165, 1.54) is 0 Å². The maximum absolute atomic E-state index is 12.5. The van der Waals surface area contributed by atoms with Gasteiger partial charge in [0.25, 0.3) is 11.5 Å². The summed E-state index contributed by atoms with van der Waals surface area (Å²) in [6.07, 6.45) is -4.44. The Morgan fingerprint density at radius 1 is 1.23 bits per heavy atom. The third-order valence-electron chi connectivity index (χ3n) is 3.27. The minimum absolute atomic E-state index is 0.0650. The molecule has 26 heavy (non-hydrogen) atoms. The van der Waals surface area contributed by atoms with Gasteiger partial charge in [-0.25, -0.2) is 4.79 Å². The molecule has 0 spiro atoms. The van der Waals surface area contributed by atoms with Crippen LogP contribution >= 0.6 is 0 Å². The number of hydrogen-bond donors (Lipinski definition) is 4. The van der Waals surface area contributed by atoms with Gasteiger partial charge in [0, 0.05) is 0 Å². The summed E-state index contributed by atoms with van der Waals surface area (Å²) in [5, 5.41) is 2.45. The number of hydrogen-bond acceptors (Lipinski definition) is 5. The van der Waals surface area contributed by atoms with Crippen molar-refractivity contribution >= 4 is 11.6 Å². The molecule has 0 aliphatic heterocycles. The molecule has 1 aromatic heterocycles. The number of amides is 1. The summed E-state index contributed by atoms with van der Waals surface area (Å²) in [6, 6.07) is 3.47. The highest BCUT2D eigenvalue weighted by Crippen LogP contribution is 2.30. The molecule has 8 nitrogen and oxygen atoms in total. The first-order valence-electron chi connectivity index (χ1n) is 7.31. The fourth-order valence-electron chi connectivity index (χ4n) is 1.97. The second-order valence-corrected chi connectivity index (χ2v) is 5.40. The Morgan fingerprint density at radius 3 is 2.42 bits per heavy atom. The number of nitrogens with two attached hydrogens (primary N) is 1. The monoisotopic (exact) mass is 372 g/mol. The first-order chi connectivity index (χ1) is 12.1. The number of carbonyl (C=O) groups excluding carboxylic acids is 1. The fraction of sp³-hybridized carbons (Fsp3) is 0.267. The van der Waals surface area contributed by atoms with Crippen LogP contribution in [0.4, 0.5) is 18.9 Å². The predicted molar refractivity (Wildman–Crippen MR) is 86.0 cm³/mol.